The fourth-order valence-corrected chi connectivity index (χ4v) is 2.18. The molecular formula is C12H12N4OS. The first-order valence-electron chi connectivity index (χ1n) is 5.32. The molecule has 0 atom stereocenters. The van der Waals surface area contributed by atoms with Crippen LogP contribution in [-0.2, 0) is 6.54 Å². The van der Waals surface area contributed by atoms with Crippen molar-refractivity contribution in [2.75, 3.05) is 13.3 Å². The summed E-state index contributed by atoms with van der Waals surface area (Å²) in [5.41, 5.74) is 2.34. The number of carbonyl (C=O) groups is 1. The first kappa shape index (κ1) is 12.5. The number of hydrogen-bond acceptors (Lipinski definition) is 4. The molecule has 1 aromatic carbocycles. The summed E-state index contributed by atoms with van der Waals surface area (Å²) in [4.78, 5) is 17.9. The number of nitrogens with zero attached hydrogens (tertiary/aromatic N) is 3. The summed E-state index contributed by atoms with van der Waals surface area (Å²) in [6, 6.07) is 5.45. The van der Waals surface area contributed by atoms with Crippen LogP contribution in [0.4, 0.5) is 5.69 Å². The van der Waals surface area contributed by atoms with E-state index in [-0.39, 0.29) is 5.91 Å². The average Bonchev–Trinajstić information content (AvgIpc) is 2.66. The van der Waals surface area contributed by atoms with Gasteiger partial charge in [-0.15, -0.1) is 0 Å². The van der Waals surface area contributed by atoms with Crippen LogP contribution in [-0.4, -0.2) is 29.3 Å². The molecule has 0 radical (unpaired) electrons. The van der Waals surface area contributed by atoms with Gasteiger partial charge in [-0.1, -0.05) is 17.8 Å². The highest BCUT2D eigenvalue weighted by atomic mass is 32.2. The fourth-order valence-electron chi connectivity index (χ4n) is 1.84. The molecule has 1 amide bonds. The lowest BCUT2D eigenvalue weighted by Crippen LogP contribution is -2.17. The van der Waals surface area contributed by atoms with Crippen LogP contribution < -0.4 is 5.32 Å². The van der Waals surface area contributed by atoms with E-state index in [9.17, 15) is 4.79 Å². The SMILES string of the molecule is CSC(=Nc1cccc2c1CN(C)C2=O)NC#N. The maximum atomic E-state index is 11.8. The van der Waals surface area contributed by atoms with Gasteiger partial charge in [0.1, 0.15) is 0 Å². The third-order valence-corrected chi connectivity index (χ3v) is 3.28. The number of amides is 1. The molecule has 1 aromatic rings. The summed E-state index contributed by atoms with van der Waals surface area (Å²) in [5.74, 6) is 0.0148. The van der Waals surface area contributed by atoms with Crippen LogP contribution >= 0.6 is 11.8 Å². The van der Waals surface area contributed by atoms with E-state index in [2.05, 4.69) is 10.3 Å². The molecule has 0 fully saturated rings. The third kappa shape index (κ3) is 2.17. The van der Waals surface area contributed by atoms with E-state index in [0.29, 0.717) is 17.3 Å². The van der Waals surface area contributed by atoms with Gasteiger partial charge < -0.3 is 4.90 Å². The van der Waals surface area contributed by atoms with E-state index in [1.807, 2.05) is 18.5 Å². The molecule has 92 valence electrons. The molecule has 2 rings (SSSR count). The lowest BCUT2D eigenvalue weighted by atomic mass is 10.1. The van der Waals surface area contributed by atoms with Crippen LogP contribution in [0.1, 0.15) is 15.9 Å². The van der Waals surface area contributed by atoms with Crippen molar-refractivity contribution in [1.29, 1.82) is 5.26 Å². The number of rotatable bonds is 1. The topological polar surface area (TPSA) is 68.5 Å². The molecule has 0 saturated heterocycles. The lowest BCUT2D eigenvalue weighted by molar-refractivity contribution is 0.0816. The maximum absolute atomic E-state index is 11.8. The van der Waals surface area contributed by atoms with Gasteiger partial charge in [-0.2, -0.15) is 5.26 Å². The summed E-state index contributed by atoms with van der Waals surface area (Å²) in [7, 11) is 1.76. The van der Waals surface area contributed by atoms with E-state index in [0.717, 1.165) is 11.3 Å². The van der Waals surface area contributed by atoms with Crippen molar-refractivity contribution < 1.29 is 4.79 Å². The minimum absolute atomic E-state index is 0.0148. The van der Waals surface area contributed by atoms with Crippen LogP contribution in [0.3, 0.4) is 0 Å². The Morgan fingerprint density at radius 3 is 3.06 bits per heavy atom. The molecule has 0 bridgehead atoms. The van der Waals surface area contributed by atoms with Crippen molar-refractivity contribution in [3.8, 4) is 6.19 Å². The molecule has 1 heterocycles. The van der Waals surface area contributed by atoms with E-state index in [1.54, 1.807) is 24.1 Å². The highest BCUT2D eigenvalue weighted by molar-refractivity contribution is 8.13. The summed E-state index contributed by atoms with van der Waals surface area (Å²) in [5, 5.41) is 11.6. The van der Waals surface area contributed by atoms with Crippen LogP contribution in [0.15, 0.2) is 23.2 Å². The van der Waals surface area contributed by atoms with E-state index >= 15 is 0 Å². The summed E-state index contributed by atoms with van der Waals surface area (Å²) in [6.45, 7) is 0.558. The minimum Gasteiger partial charge on any atom is -0.337 e. The largest absolute Gasteiger partial charge is 0.337 e. The molecule has 0 saturated carbocycles. The van der Waals surface area contributed by atoms with Crippen LogP contribution in [0.25, 0.3) is 0 Å². The number of hydrogen-bond donors (Lipinski definition) is 1. The highest BCUT2D eigenvalue weighted by Gasteiger charge is 2.26. The molecular weight excluding hydrogens is 248 g/mol. The molecule has 5 nitrogen and oxygen atoms in total. The van der Waals surface area contributed by atoms with Gasteiger partial charge >= 0.3 is 0 Å². The number of fused-ring (bicyclic) bond motifs is 1. The normalized spacial score (nSPS) is 14.4. The Morgan fingerprint density at radius 1 is 1.61 bits per heavy atom. The van der Waals surface area contributed by atoms with Gasteiger partial charge in [-0.3, -0.25) is 10.1 Å². The third-order valence-electron chi connectivity index (χ3n) is 2.70. The Kier molecular flexibility index (Phi) is 3.53. The Bertz CT molecular complexity index is 562. The Balaban J connectivity index is 2.43. The van der Waals surface area contributed by atoms with Gasteiger partial charge in [0.25, 0.3) is 5.91 Å². The number of carbonyl (C=O) groups excluding carboxylic acids is 1. The Labute approximate surface area is 109 Å². The summed E-state index contributed by atoms with van der Waals surface area (Å²) >= 11 is 1.35. The van der Waals surface area contributed by atoms with Crippen molar-refractivity contribution in [1.82, 2.24) is 10.2 Å². The average molecular weight is 260 g/mol. The van der Waals surface area contributed by atoms with Crippen LogP contribution in [0.5, 0.6) is 0 Å². The zero-order valence-electron chi connectivity index (χ0n) is 10.1. The van der Waals surface area contributed by atoms with Crippen molar-refractivity contribution in [2.24, 2.45) is 4.99 Å². The lowest BCUT2D eigenvalue weighted by Gasteiger charge is -2.06. The van der Waals surface area contributed by atoms with Crippen molar-refractivity contribution in [3.63, 3.8) is 0 Å². The van der Waals surface area contributed by atoms with Gasteiger partial charge in [-0.05, 0) is 18.4 Å². The highest BCUT2D eigenvalue weighted by Crippen LogP contribution is 2.30. The number of amidine groups is 1. The number of aliphatic imine (C=N–C) groups is 1. The molecule has 1 aliphatic rings. The molecule has 6 heteroatoms. The van der Waals surface area contributed by atoms with Gasteiger partial charge in [0.15, 0.2) is 11.4 Å². The molecule has 18 heavy (non-hydrogen) atoms. The van der Waals surface area contributed by atoms with Crippen molar-refractivity contribution in [2.45, 2.75) is 6.54 Å². The van der Waals surface area contributed by atoms with E-state index in [4.69, 9.17) is 5.26 Å². The number of benzene rings is 1. The standard InChI is InChI=1S/C12H12N4OS/c1-16-6-9-8(11(16)17)4-3-5-10(9)15-12(18-2)14-7-13/h3-5H,6H2,1-2H3,(H,14,15). The predicted octanol–water partition coefficient (Wildman–Crippen LogP) is 1.69. The zero-order chi connectivity index (χ0) is 13.1. The first-order valence-corrected chi connectivity index (χ1v) is 6.55. The fraction of sp³-hybridized carbons (Fsp3) is 0.250. The van der Waals surface area contributed by atoms with Gasteiger partial charge in [0, 0.05) is 24.7 Å². The zero-order valence-corrected chi connectivity index (χ0v) is 10.9. The maximum Gasteiger partial charge on any atom is 0.254 e. The molecule has 1 N–H and O–H groups in total. The molecule has 0 aromatic heterocycles. The summed E-state index contributed by atoms with van der Waals surface area (Å²) in [6.07, 6.45) is 3.68. The second kappa shape index (κ2) is 5.10. The smallest absolute Gasteiger partial charge is 0.254 e. The van der Waals surface area contributed by atoms with Gasteiger partial charge in [0.2, 0.25) is 0 Å². The van der Waals surface area contributed by atoms with Crippen molar-refractivity contribution in [3.05, 3.63) is 29.3 Å². The minimum atomic E-state index is 0.0148. The molecule has 1 aliphatic heterocycles. The molecule has 0 unspecified atom stereocenters. The van der Waals surface area contributed by atoms with Gasteiger partial charge in [0.05, 0.1) is 5.69 Å². The second-order valence-electron chi connectivity index (χ2n) is 3.82. The van der Waals surface area contributed by atoms with Gasteiger partial charge in [-0.25, -0.2) is 4.99 Å². The van der Waals surface area contributed by atoms with Crippen LogP contribution in [0.2, 0.25) is 0 Å². The second-order valence-corrected chi connectivity index (χ2v) is 4.62. The molecule has 0 aliphatic carbocycles. The first-order chi connectivity index (χ1) is 8.67. The van der Waals surface area contributed by atoms with Crippen molar-refractivity contribution >= 4 is 28.5 Å². The predicted molar refractivity (Wildman–Crippen MR) is 71.6 cm³/mol. The van der Waals surface area contributed by atoms with E-state index in [1.165, 1.54) is 11.8 Å². The Hall–Kier alpha value is -2.00. The molecule has 0 spiro atoms. The monoisotopic (exact) mass is 260 g/mol. The number of thioether (sulfide) groups is 1. The summed E-state index contributed by atoms with van der Waals surface area (Å²) < 4.78 is 0. The Morgan fingerprint density at radius 2 is 2.39 bits per heavy atom. The number of nitriles is 1. The van der Waals surface area contributed by atoms with E-state index < -0.39 is 0 Å². The quantitative estimate of drug-likeness (QED) is 0.361. The van der Waals surface area contributed by atoms with Crippen LogP contribution in [0, 0.1) is 11.5 Å². The number of nitrogens with one attached hydrogen (secondary N) is 1.